The van der Waals surface area contributed by atoms with Gasteiger partial charge in [0.2, 0.25) is 0 Å². The third-order valence-electron chi connectivity index (χ3n) is 2.13. The number of hydrogen-bond donors (Lipinski definition) is 1. The molecule has 0 aliphatic carbocycles. The van der Waals surface area contributed by atoms with Crippen molar-refractivity contribution in [2.75, 3.05) is 6.61 Å². The van der Waals surface area contributed by atoms with E-state index in [4.69, 9.17) is 5.11 Å². The van der Waals surface area contributed by atoms with E-state index in [1.807, 2.05) is 6.08 Å². The lowest BCUT2D eigenvalue weighted by Crippen LogP contribution is -1.87. The highest BCUT2D eigenvalue weighted by Gasteiger charge is 1.94. The molecule has 0 rings (SSSR count). The SMILES string of the molecule is C=C/C(=C\C(=C/CC)CCCO)CC. The normalized spacial score (nSPS) is 13.1. The van der Waals surface area contributed by atoms with Crippen molar-refractivity contribution in [2.24, 2.45) is 0 Å². The number of aliphatic hydroxyl groups is 1. The summed E-state index contributed by atoms with van der Waals surface area (Å²) in [6.45, 7) is 8.31. The van der Waals surface area contributed by atoms with Crippen molar-refractivity contribution in [2.45, 2.75) is 39.5 Å². The Bertz CT molecular complexity index is 211. The Labute approximate surface area is 87.8 Å². The van der Waals surface area contributed by atoms with E-state index in [-0.39, 0.29) is 6.61 Å². The van der Waals surface area contributed by atoms with Crippen LogP contribution in [0, 0.1) is 0 Å². The Morgan fingerprint density at radius 2 is 2.00 bits per heavy atom. The van der Waals surface area contributed by atoms with Crippen molar-refractivity contribution in [3.05, 3.63) is 36.0 Å². The van der Waals surface area contributed by atoms with Gasteiger partial charge >= 0.3 is 0 Å². The fourth-order valence-corrected chi connectivity index (χ4v) is 1.32. The van der Waals surface area contributed by atoms with E-state index < -0.39 is 0 Å². The Hall–Kier alpha value is -0.820. The molecule has 0 saturated heterocycles. The predicted molar refractivity (Wildman–Crippen MR) is 63.3 cm³/mol. The van der Waals surface area contributed by atoms with Gasteiger partial charge in [0.05, 0.1) is 0 Å². The molecule has 0 amide bonds. The molecule has 0 unspecified atom stereocenters. The second-order valence-electron chi connectivity index (χ2n) is 3.29. The first kappa shape index (κ1) is 13.2. The maximum atomic E-state index is 8.76. The van der Waals surface area contributed by atoms with Crippen LogP contribution in [0.1, 0.15) is 39.5 Å². The van der Waals surface area contributed by atoms with Gasteiger partial charge in [-0.15, -0.1) is 0 Å². The summed E-state index contributed by atoms with van der Waals surface area (Å²) in [5.74, 6) is 0. The van der Waals surface area contributed by atoms with Crippen LogP contribution >= 0.6 is 0 Å². The van der Waals surface area contributed by atoms with Crippen molar-refractivity contribution in [1.82, 2.24) is 0 Å². The van der Waals surface area contributed by atoms with E-state index in [0.29, 0.717) is 0 Å². The van der Waals surface area contributed by atoms with Crippen LogP contribution in [0.25, 0.3) is 0 Å². The molecule has 1 nitrogen and oxygen atoms in total. The molecular weight excluding hydrogens is 172 g/mol. The molecule has 0 aliphatic heterocycles. The molecule has 0 spiro atoms. The van der Waals surface area contributed by atoms with Crippen LogP contribution < -0.4 is 0 Å². The quantitative estimate of drug-likeness (QED) is 0.614. The van der Waals surface area contributed by atoms with Gasteiger partial charge in [0, 0.05) is 6.61 Å². The number of hydrogen-bond acceptors (Lipinski definition) is 1. The van der Waals surface area contributed by atoms with Crippen LogP contribution in [-0.4, -0.2) is 11.7 Å². The monoisotopic (exact) mass is 194 g/mol. The van der Waals surface area contributed by atoms with Gasteiger partial charge in [0.15, 0.2) is 0 Å². The van der Waals surface area contributed by atoms with Crippen molar-refractivity contribution >= 4 is 0 Å². The minimum Gasteiger partial charge on any atom is -0.396 e. The first-order valence-electron chi connectivity index (χ1n) is 5.41. The van der Waals surface area contributed by atoms with Crippen LogP contribution in [0.3, 0.4) is 0 Å². The standard InChI is InChI=1S/C13H22O/c1-4-8-13(9-7-10-14)11-12(5-2)6-3/h5,8,11,14H,2,4,6-7,9-10H2,1,3H3/b12-11+,13-8-. The Morgan fingerprint density at radius 1 is 1.29 bits per heavy atom. The minimum atomic E-state index is 0.268. The molecule has 0 radical (unpaired) electrons. The lowest BCUT2D eigenvalue weighted by molar-refractivity contribution is 0.289. The topological polar surface area (TPSA) is 20.2 Å². The van der Waals surface area contributed by atoms with Crippen LogP contribution in [0.2, 0.25) is 0 Å². The van der Waals surface area contributed by atoms with Crippen molar-refractivity contribution < 1.29 is 5.11 Å². The zero-order chi connectivity index (χ0) is 10.8. The first-order chi connectivity index (χ1) is 6.78. The van der Waals surface area contributed by atoms with Gasteiger partial charge in [-0.3, -0.25) is 0 Å². The van der Waals surface area contributed by atoms with Gasteiger partial charge in [-0.2, -0.15) is 0 Å². The van der Waals surface area contributed by atoms with Gasteiger partial charge in [-0.1, -0.05) is 44.2 Å². The second-order valence-corrected chi connectivity index (χ2v) is 3.29. The highest BCUT2D eigenvalue weighted by Crippen LogP contribution is 2.13. The lowest BCUT2D eigenvalue weighted by Gasteiger charge is -2.03. The summed E-state index contributed by atoms with van der Waals surface area (Å²) in [5.41, 5.74) is 2.58. The molecule has 80 valence electrons. The molecule has 0 aromatic rings. The zero-order valence-electron chi connectivity index (χ0n) is 9.42. The summed E-state index contributed by atoms with van der Waals surface area (Å²) in [6, 6.07) is 0. The summed E-state index contributed by atoms with van der Waals surface area (Å²) in [4.78, 5) is 0. The highest BCUT2D eigenvalue weighted by atomic mass is 16.2. The fraction of sp³-hybridized carbons (Fsp3) is 0.538. The molecule has 0 aromatic carbocycles. The molecule has 0 saturated carbocycles. The molecule has 0 fully saturated rings. The summed E-state index contributed by atoms with van der Waals surface area (Å²) >= 11 is 0. The maximum Gasteiger partial charge on any atom is 0.0434 e. The number of allylic oxidation sites excluding steroid dienone is 5. The lowest BCUT2D eigenvalue weighted by atomic mass is 10.0. The van der Waals surface area contributed by atoms with E-state index in [2.05, 4.69) is 32.6 Å². The van der Waals surface area contributed by atoms with Crippen LogP contribution in [0.15, 0.2) is 36.0 Å². The third-order valence-corrected chi connectivity index (χ3v) is 2.13. The molecular formula is C13H22O. The second kappa shape index (κ2) is 8.76. The Kier molecular flexibility index (Phi) is 8.25. The average Bonchev–Trinajstić information content (AvgIpc) is 2.22. The third kappa shape index (κ3) is 5.76. The smallest absolute Gasteiger partial charge is 0.0434 e. The molecule has 14 heavy (non-hydrogen) atoms. The van der Waals surface area contributed by atoms with Crippen molar-refractivity contribution in [3.8, 4) is 0 Å². The van der Waals surface area contributed by atoms with Gasteiger partial charge in [0.1, 0.15) is 0 Å². The Balaban J connectivity index is 4.41. The average molecular weight is 194 g/mol. The van der Waals surface area contributed by atoms with Crippen molar-refractivity contribution in [1.29, 1.82) is 0 Å². The predicted octanol–water partition coefficient (Wildman–Crippen LogP) is 3.62. The molecule has 1 heteroatoms. The molecule has 1 N–H and O–H groups in total. The van der Waals surface area contributed by atoms with Crippen LogP contribution in [0.4, 0.5) is 0 Å². The fourth-order valence-electron chi connectivity index (χ4n) is 1.32. The maximum absolute atomic E-state index is 8.76. The summed E-state index contributed by atoms with van der Waals surface area (Å²) in [6.07, 6.45) is 10.2. The molecule has 0 bridgehead atoms. The number of rotatable bonds is 7. The van der Waals surface area contributed by atoms with Crippen LogP contribution in [0.5, 0.6) is 0 Å². The van der Waals surface area contributed by atoms with E-state index in [0.717, 1.165) is 25.7 Å². The van der Waals surface area contributed by atoms with Gasteiger partial charge in [-0.05, 0) is 31.3 Å². The molecule has 0 heterocycles. The molecule has 0 aliphatic rings. The minimum absolute atomic E-state index is 0.268. The highest BCUT2D eigenvalue weighted by molar-refractivity contribution is 5.28. The molecule has 0 atom stereocenters. The summed E-state index contributed by atoms with van der Waals surface area (Å²) < 4.78 is 0. The summed E-state index contributed by atoms with van der Waals surface area (Å²) in [5, 5.41) is 8.76. The van der Waals surface area contributed by atoms with E-state index in [9.17, 15) is 0 Å². The van der Waals surface area contributed by atoms with E-state index in [1.54, 1.807) is 0 Å². The largest absolute Gasteiger partial charge is 0.396 e. The van der Waals surface area contributed by atoms with Crippen LogP contribution in [-0.2, 0) is 0 Å². The zero-order valence-corrected chi connectivity index (χ0v) is 9.42. The van der Waals surface area contributed by atoms with Gasteiger partial charge in [0.25, 0.3) is 0 Å². The summed E-state index contributed by atoms with van der Waals surface area (Å²) in [7, 11) is 0. The van der Waals surface area contributed by atoms with E-state index in [1.165, 1.54) is 11.1 Å². The molecule has 0 aromatic heterocycles. The van der Waals surface area contributed by atoms with E-state index >= 15 is 0 Å². The van der Waals surface area contributed by atoms with Gasteiger partial charge in [-0.25, -0.2) is 0 Å². The first-order valence-corrected chi connectivity index (χ1v) is 5.41. The van der Waals surface area contributed by atoms with Gasteiger partial charge < -0.3 is 5.11 Å². The number of aliphatic hydroxyl groups excluding tert-OH is 1. The van der Waals surface area contributed by atoms with Crippen molar-refractivity contribution in [3.63, 3.8) is 0 Å². The Morgan fingerprint density at radius 3 is 2.43 bits per heavy atom.